The summed E-state index contributed by atoms with van der Waals surface area (Å²) in [5.74, 6) is -0.283. The molecule has 10 heteroatoms. The van der Waals surface area contributed by atoms with Gasteiger partial charge in [0.2, 0.25) is 15.0 Å². The monoisotopic (exact) mass is 316 g/mol. The summed E-state index contributed by atoms with van der Waals surface area (Å²) in [6.07, 6.45) is 0.0719. The summed E-state index contributed by atoms with van der Waals surface area (Å²) in [5, 5.41) is 8.47. The zero-order valence-corrected chi connectivity index (χ0v) is 12.7. The number of aryl methyl sites for hydroxylation is 2. The van der Waals surface area contributed by atoms with Gasteiger partial charge in [0.1, 0.15) is 0 Å². The summed E-state index contributed by atoms with van der Waals surface area (Å²) in [7, 11) is 0.398. The minimum Gasteiger partial charge on any atom is -0.396 e. The third-order valence-electron chi connectivity index (χ3n) is 3.28. The summed E-state index contributed by atoms with van der Waals surface area (Å²) in [5.41, 5.74) is -1.12. The Morgan fingerprint density at radius 1 is 1.10 bits per heavy atom. The molecule has 2 rings (SSSR count). The van der Waals surface area contributed by atoms with E-state index in [1.807, 2.05) is 0 Å². The van der Waals surface area contributed by atoms with Gasteiger partial charge in [-0.1, -0.05) is 0 Å². The van der Waals surface area contributed by atoms with Gasteiger partial charge >= 0.3 is 5.69 Å². The summed E-state index contributed by atoms with van der Waals surface area (Å²) >= 11 is 0. The summed E-state index contributed by atoms with van der Waals surface area (Å²) in [6, 6.07) is 0. The Bertz CT molecular complexity index is 919. The molecule has 0 unspecified atom stereocenters. The van der Waals surface area contributed by atoms with E-state index in [0.29, 0.717) is 0 Å². The molecule has 0 saturated carbocycles. The van der Waals surface area contributed by atoms with Gasteiger partial charge in [-0.25, -0.2) is 13.2 Å². The number of nitrogens with zero attached hydrogens (tertiary/aromatic N) is 4. The topological polar surface area (TPSA) is 116 Å². The molecule has 0 spiro atoms. The fourth-order valence-electron chi connectivity index (χ4n) is 2.12. The molecule has 21 heavy (non-hydrogen) atoms. The van der Waals surface area contributed by atoms with Gasteiger partial charge in [-0.3, -0.25) is 13.9 Å². The lowest BCUT2D eigenvalue weighted by molar-refractivity contribution is 0.295. The molecule has 0 bridgehead atoms. The molecule has 0 atom stereocenters. The smallest absolute Gasteiger partial charge is 0.332 e. The first-order valence-corrected chi connectivity index (χ1v) is 7.83. The zero-order chi connectivity index (χ0) is 15.9. The molecule has 0 aliphatic carbocycles. The number of aliphatic hydroxyl groups is 1. The van der Waals surface area contributed by atoms with Crippen LogP contribution in [0.15, 0.2) is 14.7 Å². The van der Waals surface area contributed by atoms with Crippen molar-refractivity contribution in [1.29, 1.82) is 0 Å². The second-order valence-corrected chi connectivity index (χ2v) is 6.73. The van der Waals surface area contributed by atoms with Crippen LogP contribution in [0.2, 0.25) is 0 Å². The van der Waals surface area contributed by atoms with Crippen molar-refractivity contribution in [2.75, 3.05) is 12.4 Å². The Morgan fingerprint density at radius 3 is 2.29 bits per heavy atom. The number of hydrogen-bond donors (Lipinski definition) is 1. The number of aliphatic hydroxyl groups excluding tert-OH is 1. The molecule has 1 N–H and O–H groups in total. The number of aromatic nitrogens is 4. The van der Waals surface area contributed by atoms with Gasteiger partial charge in [0, 0.05) is 27.7 Å². The summed E-state index contributed by atoms with van der Waals surface area (Å²) < 4.78 is 27.6. The summed E-state index contributed by atoms with van der Waals surface area (Å²) in [6.45, 7) is -0.260. The molecule has 0 aliphatic rings. The van der Waals surface area contributed by atoms with Crippen molar-refractivity contribution in [2.45, 2.75) is 11.6 Å². The van der Waals surface area contributed by atoms with Crippen LogP contribution in [0.25, 0.3) is 11.2 Å². The molecule has 0 amide bonds. The predicted octanol–water partition coefficient (Wildman–Crippen LogP) is -1.87. The zero-order valence-electron chi connectivity index (χ0n) is 11.9. The van der Waals surface area contributed by atoms with Crippen LogP contribution in [0.3, 0.4) is 0 Å². The molecule has 2 heterocycles. The van der Waals surface area contributed by atoms with Crippen LogP contribution in [0.4, 0.5) is 0 Å². The van der Waals surface area contributed by atoms with Crippen LogP contribution < -0.4 is 11.2 Å². The van der Waals surface area contributed by atoms with Gasteiger partial charge in [-0.2, -0.15) is 4.98 Å². The van der Waals surface area contributed by atoms with Gasteiger partial charge in [0.25, 0.3) is 5.56 Å². The Hall–Kier alpha value is -1.94. The van der Waals surface area contributed by atoms with Gasteiger partial charge < -0.3 is 9.67 Å². The number of fused-ring (bicyclic) bond motifs is 1. The highest BCUT2D eigenvalue weighted by Gasteiger charge is 2.25. The molecule has 0 aromatic carbocycles. The van der Waals surface area contributed by atoms with Crippen molar-refractivity contribution in [2.24, 2.45) is 21.1 Å². The third-order valence-corrected chi connectivity index (χ3v) is 5.03. The maximum atomic E-state index is 12.2. The fourth-order valence-corrected chi connectivity index (χ4v) is 3.55. The van der Waals surface area contributed by atoms with Crippen molar-refractivity contribution < 1.29 is 13.5 Å². The first kappa shape index (κ1) is 15.4. The Balaban J connectivity index is 2.85. The van der Waals surface area contributed by atoms with E-state index < -0.39 is 21.1 Å². The number of rotatable bonds is 4. The average Bonchev–Trinajstić information content (AvgIpc) is 2.79. The molecule has 0 radical (unpaired) electrons. The molecule has 2 aromatic heterocycles. The van der Waals surface area contributed by atoms with E-state index in [9.17, 15) is 18.0 Å². The molecule has 0 fully saturated rings. The van der Waals surface area contributed by atoms with Gasteiger partial charge in [-0.05, 0) is 6.42 Å². The van der Waals surface area contributed by atoms with E-state index in [2.05, 4.69) is 4.98 Å². The van der Waals surface area contributed by atoms with Crippen molar-refractivity contribution in [1.82, 2.24) is 18.7 Å². The van der Waals surface area contributed by atoms with E-state index >= 15 is 0 Å². The van der Waals surface area contributed by atoms with Gasteiger partial charge in [0.15, 0.2) is 11.2 Å². The van der Waals surface area contributed by atoms with Crippen molar-refractivity contribution in [3.63, 3.8) is 0 Å². The largest absolute Gasteiger partial charge is 0.396 e. The first-order chi connectivity index (χ1) is 9.72. The van der Waals surface area contributed by atoms with Crippen molar-refractivity contribution in [3.8, 4) is 0 Å². The molecular formula is C11H16N4O5S. The van der Waals surface area contributed by atoms with E-state index in [1.165, 1.54) is 25.7 Å². The Labute approximate surface area is 120 Å². The molecule has 2 aromatic rings. The maximum absolute atomic E-state index is 12.2. The maximum Gasteiger partial charge on any atom is 0.332 e. The third kappa shape index (κ3) is 2.29. The highest BCUT2D eigenvalue weighted by Crippen LogP contribution is 2.15. The van der Waals surface area contributed by atoms with Gasteiger partial charge in [-0.15, -0.1) is 0 Å². The highest BCUT2D eigenvalue weighted by molar-refractivity contribution is 7.91. The minimum atomic E-state index is -3.75. The van der Waals surface area contributed by atoms with Crippen LogP contribution in [0.1, 0.15) is 6.42 Å². The quantitative estimate of drug-likeness (QED) is 0.706. The van der Waals surface area contributed by atoms with Crippen molar-refractivity contribution >= 4 is 21.0 Å². The Kier molecular flexibility index (Phi) is 3.76. The lowest BCUT2D eigenvalue weighted by atomic mass is 10.5. The lowest BCUT2D eigenvalue weighted by Crippen LogP contribution is -2.37. The molecule has 9 nitrogen and oxygen atoms in total. The highest BCUT2D eigenvalue weighted by atomic mass is 32.2. The number of hydrogen-bond acceptors (Lipinski definition) is 6. The fraction of sp³-hybridized carbons (Fsp3) is 0.545. The van der Waals surface area contributed by atoms with E-state index in [-0.39, 0.29) is 35.1 Å². The minimum absolute atomic E-state index is 0.0215. The lowest BCUT2D eigenvalue weighted by Gasteiger charge is -2.04. The van der Waals surface area contributed by atoms with Crippen LogP contribution in [-0.2, 0) is 31.0 Å². The van der Waals surface area contributed by atoms with Crippen molar-refractivity contribution in [3.05, 3.63) is 20.8 Å². The van der Waals surface area contributed by atoms with Crippen LogP contribution in [-0.4, -0.2) is 44.6 Å². The second kappa shape index (κ2) is 5.11. The van der Waals surface area contributed by atoms with Crippen LogP contribution in [0, 0.1) is 0 Å². The first-order valence-electron chi connectivity index (χ1n) is 6.18. The standard InChI is InChI=1S/C11H16N4O5S/c1-13-7-8(14(2)11(18)15(3)9(7)17)12-10(13)21(19,20)6-4-5-16/h16H,4-6H2,1-3H3. The van der Waals surface area contributed by atoms with Gasteiger partial charge in [0.05, 0.1) is 5.75 Å². The van der Waals surface area contributed by atoms with Crippen LogP contribution in [0.5, 0.6) is 0 Å². The Morgan fingerprint density at radius 2 is 1.71 bits per heavy atom. The predicted molar refractivity (Wildman–Crippen MR) is 75.0 cm³/mol. The van der Waals surface area contributed by atoms with E-state index in [1.54, 1.807) is 0 Å². The second-order valence-electron chi connectivity index (χ2n) is 4.73. The van der Waals surface area contributed by atoms with Crippen LogP contribution >= 0.6 is 0 Å². The molecular weight excluding hydrogens is 300 g/mol. The SMILES string of the molecule is Cn1c(=O)c2c(nc(S(=O)(=O)CCCO)n2C)n(C)c1=O. The number of sulfone groups is 1. The molecule has 116 valence electrons. The normalized spacial score (nSPS) is 12.2. The van der Waals surface area contributed by atoms with E-state index in [0.717, 1.165) is 9.13 Å². The van der Waals surface area contributed by atoms with E-state index in [4.69, 9.17) is 5.11 Å². The molecule has 0 aliphatic heterocycles. The number of imidazole rings is 1. The molecule has 0 saturated heterocycles. The summed E-state index contributed by atoms with van der Waals surface area (Å²) in [4.78, 5) is 27.9. The average molecular weight is 316 g/mol.